The summed E-state index contributed by atoms with van der Waals surface area (Å²) in [6.45, 7) is 2.33. The van der Waals surface area contributed by atoms with E-state index in [9.17, 15) is 9.59 Å². The van der Waals surface area contributed by atoms with Crippen molar-refractivity contribution in [3.8, 4) is 0 Å². The van der Waals surface area contributed by atoms with E-state index in [1.165, 1.54) is 33.4 Å². The summed E-state index contributed by atoms with van der Waals surface area (Å²) in [5, 5.41) is 5.99. The van der Waals surface area contributed by atoms with Gasteiger partial charge in [-0.15, -0.1) is 0 Å². The van der Waals surface area contributed by atoms with Gasteiger partial charge in [-0.1, -0.05) is 66.3 Å². The predicted molar refractivity (Wildman–Crippen MR) is 128 cm³/mol. The maximum absolute atomic E-state index is 12.7. The van der Waals surface area contributed by atoms with Crippen LogP contribution >= 0.6 is 0 Å². The SMILES string of the molecule is O=C(NCC(=O)N1CCC(=C2c3ccccc3C=Cc3ccccc32)CC1)[C@@H]1CCCN1. The van der Waals surface area contributed by atoms with Gasteiger partial charge >= 0.3 is 0 Å². The maximum atomic E-state index is 12.7. The number of piperidine rings is 1. The van der Waals surface area contributed by atoms with Crippen LogP contribution < -0.4 is 10.6 Å². The average molecular weight is 428 g/mol. The van der Waals surface area contributed by atoms with Crippen LogP contribution in [0.5, 0.6) is 0 Å². The zero-order valence-electron chi connectivity index (χ0n) is 18.3. The fourth-order valence-electron chi connectivity index (χ4n) is 5.03. The molecule has 2 aromatic rings. The molecule has 5 rings (SSSR count). The van der Waals surface area contributed by atoms with Crippen molar-refractivity contribution in [2.45, 2.75) is 31.7 Å². The molecule has 2 aromatic carbocycles. The Morgan fingerprint density at radius 1 is 0.938 bits per heavy atom. The van der Waals surface area contributed by atoms with Gasteiger partial charge in [-0.2, -0.15) is 0 Å². The molecule has 0 unspecified atom stereocenters. The number of hydrogen-bond donors (Lipinski definition) is 2. The van der Waals surface area contributed by atoms with E-state index in [4.69, 9.17) is 0 Å². The molecule has 2 fully saturated rings. The number of carbonyl (C=O) groups excluding carboxylic acids is 2. The Morgan fingerprint density at radius 2 is 1.56 bits per heavy atom. The summed E-state index contributed by atoms with van der Waals surface area (Å²) >= 11 is 0. The topological polar surface area (TPSA) is 61.4 Å². The Balaban J connectivity index is 1.32. The molecule has 2 saturated heterocycles. The Bertz CT molecular complexity index is 1030. The minimum atomic E-state index is -0.149. The number of rotatable bonds is 3. The van der Waals surface area contributed by atoms with Gasteiger partial charge < -0.3 is 15.5 Å². The Kier molecular flexibility index (Phi) is 5.91. The smallest absolute Gasteiger partial charge is 0.241 e. The first kappa shape index (κ1) is 20.7. The highest BCUT2D eigenvalue weighted by Gasteiger charge is 2.26. The number of nitrogens with zero attached hydrogens (tertiary/aromatic N) is 1. The molecule has 32 heavy (non-hydrogen) atoms. The monoisotopic (exact) mass is 427 g/mol. The molecule has 164 valence electrons. The van der Waals surface area contributed by atoms with Crippen LogP contribution in [0, 0.1) is 0 Å². The molecule has 0 saturated carbocycles. The second-order valence-electron chi connectivity index (χ2n) is 8.73. The van der Waals surface area contributed by atoms with Crippen molar-refractivity contribution in [3.63, 3.8) is 0 Å². The van der Waals surface area contributed by atoms with E-state index in [0.717, 1.165) is 32.2 Å². The Labute approximate surface area is 189 Å². The van der Waals surface area contributed by atoms with Crippen molar-refractivity contribution in [2.75, 3.05) is 26.2 Å². The molecule has 0 spiro atoms. The second kappa shape index (κ2) is 9.13. The van der Waals surface area contributed by atoms with Gasteiger partial charge in [0.2, 0.25) is 11.8 Å². The summed E-state index contributed by atoms with van der Waals surface area (Å²) in [5.41, 5.74) is 7.70. The second-order valence-corrected chi connectivity index (χ2v) is 8.73. The largest absolute Gasteiger partial charge is 0.346 e. The maximum Gasteiger partial charge on any atom is 0.241 e. The first-order valence-corrected chi connectivity index (χ1v) is 11.6. The molecule has 0 aromatic heterocycles. The molecule has 2 amide bonds. The van der Waals surface area contributed by atoms with Crippen LogP contribution in [0.3, 0.4) is 0 Å². The van der Waals surface area contributed by atoms with Crippen molar-refractivity contribution in [3.05, 3.63) is 76.4 Å². The van der Waals surface area contributed by atoms with Gasteiger partial charge in [0.1, 0.15) is 0 Å². The number of hydrogen-bond acceptors (Lipinski definition) is 3. The van der Waals surface area contributed by atoms with E-state index in [-0.39, 0.29) is 24.4 Å². The molecular formula is C27H29N3O2. The Hall–Kier alpha value is -3.18. The van der Waals surface area contributed by atoms with Crippen LogP contribution in [0.4, 0.5) is 0 Å². The summed E-state index contributed by atoms with van der Waals surface area (Å²) in [7, 11) is 0. The zero-order chi connectivity index (χ0) is 21.9. The number of carbonyl (C=O) groups is 2. The first-order valence-electron chi connectivity index (χ1n) is 11.6. The number of benzene rings is 2. The van der Waals surface area contributed by atoms with Crippen LogP contribution in [0.2, 0.25) is 0 Å². The lowest BCUT2D eigenvalue weighted by Crippen LogP contribution is -2.47. The summed E-state index contributed by atoms with van der Waals surface area (Å²) < 4.78 is 0. The molecule has 2 aliphatic heterocycles. The molecule has 0 bridgehead atoms. The minimum Gasteiger partial charge on any atom is -0.346 e. The van der Waals surface area contributed by atoms with Crippen LogP contribution in [0.1, 0.15) is 47.9 Å². The predicted octanol–water partition coefficient (Wildman–Crippen LogP) is 3.46. The van der Waals surface area contributed by atoms with Gasteiger partial charge in [0.05, 0.1) is 12.6 Å². The molecule has 1 atom stereocenters. The fraction of sp³-hybridized carbons (Fsp3) is 0.333. The van der Waals surface area contributed by atoms with Gasteiger partial charge in [-0.25, -0.2) is 0 Å². The number of amides is 2. The minimum absolute atomic E-state index is 0.00345. The van der Waals surface area contributed by atoms with E-state index in [0.29, 0.717) is 13.1 Å². The van der Waals surface area contributed by atoms with E-state index >= 15 is 0 Å². The van der Waals surface area contributed by atoms with Crippen LogP contribution in [-0.2, 0) is 9.59 Å². The summed E-state index contributed by atoms with van der Waals surface area (Å²) in [6.07, 6.45) is 7.95. The number of nitrogens with one attached hydrogen (secondary N) is 2. The molecular weight excluding hydrogens is 398 g/mol. The molecule has 1 aliphatic carbocycles. The van der Waals surface area contributed by atoms with Gasteiger partial charge in [-0.3, -0.25) is 9.59 Å². The molecule has 5 nitrogen and oxygen atoms in total. The highest BCUT2D eigenvalue weighted by Crippen LogP contribution is 2.38. The highest BCUT2D eigenvalue weighted by molar-refractivity contribution is 5.95. The summed E-state index contributed by atoms with van der Waals surface area (Å²) in [6, 6.07) is 16.9. The van der Waals surface area contributed by atoms with Crippen molar-refractivity contribution in [1.82, 2.24) is 15.5 Å². The fourth-order valence-corrected chi connectivity index (χ4v) is 5.03. The van der Waals surface area contributed by atoms with E-state index in [1.54, 1.807) is 0 Å². The summed E-state index contributed by atoms with van der Waals surface area (Å²) in [4.78, 5) is 26.8. The third-order valence-corrected chi connectivity index (χ3v) is 6.77. The van der Waals surface area contributed by atoms with Gasteiger partial charge in [0.25, 0.3) is 0 Å². The van der Waals surface area contributed by atoms with Crippen LogP contribution in [-0.4, -0.2) is 48.9 Å². The molecule has 0 radical (unpaired) electrons. The summed E-state index contributed by atoms with van der Waals surface area (Å²) in [5.74, 6) is -0.0569. The third-order valence-electron chi connectivity index (χ3n) is 6.77. The van der Waals surface area contributed by atoms with Crippen molar-refractivity contribution in [2.24, 2.45) is 0 Å². The van der Waals surface area contributed by atoms with Gasteiger partial charge in [0, 0.05) is 13.1 Å². The Morgan fingerprint density at radius 3 is 2.16 bits per heavy atom. The lowest BCUT2D eigenvalue weighted by molar-refractivity contribution is -0.133. The average Bonchev–Trinajstić information content (AvgIpc) is 3.33. The van der Waals surface area contributed by atoms with Crippen molar-refractivity contribution in [1.29, 1.82) is 0 Å². The molecule has 5 heteroatoms. The molecule has 2 N–H and O–H groups in total. The molecule has 2 heterocycles. The van der Waals surface area contributed by atoms with Crippen molar-refractivity contribution < 1.29 is 9.59 Å². The van der Waals surface area contributed by atoms with E-state index < -0.39 is 0 Å². The van der Waals surface area contributed by atoms with E-state index in [2.05, 4.69) is 71.3 Å². The van der Waals surface area contributed by atoms with Gasteiger partial charge in [-0.05, 0) is 60.1 Å². The van der Waals surface area contributed by atoms with E-state index in [1.807, 2.05) is 4.90 Å². The molecule has 3 aliphatic rings. The number of likely N-dealkylation sites (tertiary alicyclic amines) is 1. The standard InChI is InChI=1S/C27H29N3O2/c31-25(18-29-27(32)24-10-5-15-28-24)30-16-13-21(14-17-30)26-22-8-3-1-6-19(22)11-12-20-7-2-4-9-23(20)26/h1-4,6-9,11-12,24,28H,5,10,13-18H2,(H,29,32)/t24-/m0/s1. The zero-order valence-corrected chi connectivity index (χ0v) is 18.3. The normalized spacial score (nSPS) is 19.9. The highest BCUT2D eigenvalue weighted by atomic mass is 16.2. The van der Waals surface area contributed by atoms with Crippen molar-refractivity contribution >= 4 is 29.5 Å². The van der Waals surface area contributed by atoms with Crippen LogP contribution in [0.25, 0.3) is 17.7 Å². The number of fused-ring (bicyclic) bond motifs is 2. The third kappa shape index (κ3) is 4.13. The lowest BCUT2D eigenvalue weighted by atomic mass is 9.86. The quantitative estimate of drug-likeness (QED) is 0.673. The lowest BCUT2D eigenvalue weighted by Gasteiger charge is -2.31. The van der Waals surface area contributed by atoms with Gasteiger partial charge in [0.15, 0.2) is 0 Å². The first-order chi connectivity index (χ1) is 15.7. The van der Waals surface area contributed by atoms with Crippen LogP contribution in [0.15, 0.2) is 54.1 Å².